The summed E-state index contributed by atoms with van der Waals surface area (Å²) in [4.78, 5) is 0. The zero-order valence-corrected chi connectivity index (χ0v) is 6.58. The highest BCUT2D eigenvalue weighted by Gasteiger charge is 2.04. The maximum absolute atomic E-state index is 8.36. The maximum Gasteiger partial charge on any atom is 0.266 e. The number of aliphatic hydroxyl groups excluding tert-OH is 1. The van der Waals surface area contributed by atoms with E-state index >= 15 is 0 Å². The predicted molar refractivity (Wildman–Crippen MR) is 38.3 cm³/mol. The quantitative estimate of drug-likeness (QED) is 0.568. The van der Waals surface area contributed by atoms with Crippen LogP contribution < -0.4 is 0 Å². The Balaban J connectivity index is 3.16. The zero-order chi connectivity index (χ0) is 7.98. The van der Waals surface area contributed by atoms with Crippen LogP contribution in [-0.4, -0.2) is 22.8 Å². The summed E-state index contributed by atoms with van der Waals surface area (Å²) < 4.78 is 4.66. The minimum absolute atomic E-state index is 0.0556. The first-order chi connectivity index (χ1) is 4.66. The minimum Gasteiger partial charge on any atom is -0.346 e. The molecule has 0 saturated carbocycles. The molecule has 2 N–H and O–H groups in total. The van der Waals surface area contributed by atoms with Crippen LogP contribution in [0.5, 0.6) is 0 Å². The summed E-state index contributed by atoms with van der Waals surface area (Å²) in [6.07, 6.45) is 3.00. The number of hydrogen-bond donors (Lipinski definition) is 2. The van der Waals surface area contributed by atoms with Crippen molar-refractivity contribution in [2.24, 2.45) is 0 Å². The van der Waals surface area contributed by atoms with Gasteiger partial charge in [-0.2, -0.15) is 0 Å². The second-order valence-electron chi connectivity index (χ2n) is 2.42. The molecule has 0 aliphatic carbocycles. The van der Waals surface area contributed by atoms with E-state index in [2.05, 4.69) is 11.7 Å². The van der Waals surface area contributed by atoms with Crippen molar-refractivity contribution in [1.82, 2.24) is 0 Å². The fourth-order valence-corrected chi connectivity index (χ4v) is 0.767. The third-order valence-corrected chi connectivity index (χ3v) is 1.32. The lowest BCUT2D eigenvalue weighted by Gasteiger charge is -2.12. The van der Waals surface area contributed by atoms with Crippen LogP contribution in [0.4, 0.5) is 0 Å². The summed E-state index contributed by atoms with van der Waals surface area (Å²) in [7, 11) is 0. The number of unbranched alkanes of at least 4 members (excludes halogenated alkanes) is 1. The lowest BCUT2D eigenvalue weighted by molar-refractivity contribution is -0.253. The molecule has 0 rings (SSSR count). The van der Waals surface area contributed by atoms with Crippen LogP contribution in [0, 0.1) is 0 Å². The highest BCUT2D eigenvalue weighted by molar-refractivity contribution is 4.48. The number of rotatable bonds is 5. The summed E-state index contributed by atoms with van der Waals surface area (Å²) in [6.45, 7) is 2.30. The predicted octanol–water partition coefficient (Wildman–Crippen LogP) is 0.850. The Bertz CT molecular complexity index is 73.3. The number of hydrogen-bond acceptors (Lipinski definition) is 3. The SMILES string of the molecule is CCCCC(C)OC(O)O. The van der Waals surface area contributed by atoms with Crippen molar-refractivity contribution in [3.05, 3.63) is 0 Å². The fourth-order valence-electron chi connectivity index (χ4n) is 0.767. The molecule has 0 amide bonds. The molecule has 0 saturated heterocycles. The Morgan fingerprint density at radius 2 is 2.00 bits per heavy atom. The molecule has 10 heavy (non-hydrogen) atoms. The molecular formula is C7H16O3. The van der Waals surface area contributed by atoms with Crippen molar-refractivity contribution in [3.63, 3.8) is 0 Å². The van der Waals surface area contributed by atoms with Crippen LogP contribution in [0.3, 0.4) is 0 Å². The van der Waals surface area contributed by atoms with Crippen molar-refractivity contribution in [2.45, 2.75) is 45.7 Å². The molecule has 0 bridgehead atoms. The topological polar surface area (TPSA) is 49.7 Å². The van der Waals surface area contributed by atoms with Crippen LogP contribution in [0.2, 0.25) is 0 Å². The van der Waals surface area contributed by atoms with Gasteiger partial charge in [0.05, 0.1) is 6.10 Å². The smallest absolute Gasteiger partial charge is 0.266 e. The molecule has 0 aromatic heterocycles. The van der Waals surface area contributed by atoms with E-state index < -0.39 is 6.48 Å². The first kappa shape index (κ1) is 9.88. The van der Waals surface area contributed by atoms with E-state index in [0.29, 0.717) is 0 Å². The lowest BCUT2D eigenvalue weighted by atomic mass is 10.2. The third kappa shape index (κ3) is 6.01. The van der Waals surface area contributed by atoms with E-state index in [4.69, 9.17) is 10.2 Å². The van der Waals surface area contributed by atoms with Crippen LogP contribution in [0.1, 0.15) is 33.1 Å². The van der Waals surface area contributed by atoms with Crippen molar-refractivity contribution >= 4 is 0 Å². The van der Waals surface area contributed by atoms with Gasteiger partial charge in [-0.3, -0.25) is 0 Å². The van der Waals surface area contributed by atoms with E-state index in [1.165, 1.54) is 0 Å². The zero-order valence-electron chi connectivity index (χ0n) is 6.58. The molecule has 0 aromatic carbocycles. The maximum atomic E-state index is 8.36. The molecule has 0 heterocycles. The van der Waals surface area contributed by atoms with E-state index in [9.17, 15) is 0 Å². The molecule has 3 nitrogen and oxygen atoms in total. The summed E-state index contributed by atoms with van der Waals surface area (Å²) in [5.74, 6) is 0. The fraction of sp³-hybridized carbons (Fsp3) is 1.00. The minimum atomic E-state index is -1.62. The van der Waals surface area contributed by atoms with Gasteiger partial charge < -0.3 is 14.9 Å². The van der Waals surface area contributed by atoms with Crippen molar-refractivity contribution in [2.75, 3.05) is 0 Å². The molecule has 0 aliphatic rings. The van der Waals surface area contributed by atoms with Gasteiger partial charge in [0.1, 0.15) is 0 Å². The normalized spacial score (nSPS) is 14.1. The number of ether oxygens (including phenoxy) is 1. The summed E-state index contributed by atoms with van der Waals surface area (Å²) in [5, 5.41) is 16.7. The Morgan fingerprint density at radius 1 is 1.40 bits per heavy atom. The van der Waals surface area contributed by atoms with Crippen LogP contribution in [0.25, 0.3) is 0 Å². The second kappa shape index (κ2) is 5.65. The van der Waals surface area contributed by atoms with Crippen molar-refractivity contribution in [3.8, 4) is 0 Å². The van der Waals surface area contributed by atoms with Gasteiger partial charge in [-0.15, -0.1) is 0 Å². The Morgan fingerprint density at radius 3 is 2.40 bits per heavy atom. The first-order valence-corrected chi connectivity index (χ1v) is 3.68. The molecule has 0 radical (unpaired) electrons. The second-order valence-corrected chi connectivity index (χ2v) is 2.42. The molecule has 1 unspecified atom stereocenters. The molecule has 3 heteroatoms. The van der Waals surface area contributed by atoms with E-state index in [0.717, 1.165) is 19.3 Å². The molecule has 0 spiro atoms. The van der Waals surface area contributed by atoms with Gasteiger partial charge in [-0.1, -0.05) is 19.8 Å². The van der Waals surface area contributed by atoms with E-state index in [-0.39, 0.29) is 6.10 Å². The summed E-state index contributed by atoms with van der Waals surface area (Å²) >= 11 is 0. The largest absolute Gasteiger partial charge is 0.346 e. The number of aliphatic hydroxyl groups is 2. The van der Waals surface area contributed by atoms with Crippen molar-refractivity contribution < 1.29 is 14.9 Å². The molecule has 1 atom stereocenters. The average molecular weight is 148 g/mol. The van der Waals surface area contributed by atoms with Crippen molar-refractivity contribution in [1.29, 1.82) is 0 Å². The Kier molecular flexibility index (Phi) is 5.58. The molecule has 0 aromatic rings. The molecule has 0 fully saturated rings. The van der Waals surface area contributed by atoms with Gasteiger partial charge in [-0.25, -0.2) is 0 Å². The average Bonchev–Trinajstić information content (AvgIpc) is 1.82. The molecule has 62 valence electrons. The van der Waals surface area contributed by atoms with E-state index in [1.54, 1.807) is 0 Å². The monoisotopic (exact) mass is 148 g/mol. The van der Waals surface area contributed by atoms with Gasteiger partial charge in [0.15, 0.2) is 0 Å². The molecular weight excluding hydrogens is 132 g/mol. The van der Waals surface area contributed by atoms with Crippen LogP contribution in [-0.2, 0) is 4.74 Å². The Hall–Kier alpha value is -0.120. The third-order valence-electron chi connectivity index (χ3n) is 1.32. The summed E-state index contributed by atoms with van der Waals surface area (Å²) in [6, 6.07) is 0. The standard InChI is InChI=1S/C7H16O3/c1-3-4-5-6(2)10-7(8)9/h6-9H,3-5H2,1-2H3. The first-order valence-electron chi connectivity index (χ1n) is 3.68. The van der Waals surface area contributed by atoms with Crippen LogP contribution in [0.15, 0.2) is 0 Å². The van der Waals surface area contributed by atoms with Crippen LogP contribution >= 0.6 is 0 Å². The van der Waals surface area contributed by atoms with Gasteiger partial charge in [0.2, 0.25) is 0 Å². The van der Waals surface area contributed by atoms with E-state index in [1.807, 2.05) is 6.92 Å². The summed E-state index contributed by atoms with van der Waals surface area (Å²) in [5.41, 5.74) is 0. The van der Waals surface area contributed by atoms with Gasteiger partial charge in [0.25, 0.3) is 6.48 Å². The highest BCUT2D eigenvalue weighted by atomic mass is 16.7. The van der Waals surface area contributed by atoms with Gasteiger partial charge in [0, 0.05) is 0 Å². The van der Waals surface area contributed by atoms with Gasteiger partial charge >= 0.3 is 0 Å². The Labute approximate surface area is 61.6 Å². The lowest BCUT2D eigenvalue weighted by Crippen LogP contribution is -2.18. The van der Waals surface area contributed by atoms with Gasteiger partial charge in [-0.05, 0) is 13.3 Å². The highest BCUT2D eigenvalue weighted by Crippen LogP contribution is 2.04. The molecule has 0 aliphatic heterocycles.